The highest BCUT2D eigenvalue weighted by Crippen LogP contribution is 2.25. The van der Waals surface area contributed by atoms with E-state index < -0.39 is 5.97 Å². The van der Waals surface area contributed by atoms with Gasteiger partial charge in [-0.15, -0.1) is 6.58 Å². The van der Waals surface area contributed by atoms with Gasteiger partial charge in [0.2, 0.25) is 0 Å². The molecule has 3 heteroatoms. The third-order valence-corrected chi connectivity index (χ3v) is 3.15. The highest BCUT2D eigenvalue weighted by atomic mass is 16.9. The monoisotopic (exact) mass is 248 g/mol. The zero-order chi connectivity index (χ0) is 13.0. The Bertz CT molecular complexity index is 399. The van der Waals surface area contributed by atoms with Crippen LogP contribution in [-0.4, -0.2) is 25.8 Å². The first-order chi connectivity index (χ1) is 8.65. The Kier molecular flexibility index (Phi) is 4.17. The topological polar surface area (TPSA) is 27.7 Å². The second-order valence-corrected chi connectivity index (χ2v) is 4.63. The van der Waals surface area contributed by atoms with Crippen LogP contribution in [0.3, 0.4) is 0 Å². The van der Waals surface area contributed by atoms with Crippen molar-refractivity contribution in [3.63, 3.8) is 0 Å². The van der Waals surface area contributed by atoms with Gasteiger partial charge in [0.15, 0.2) is 0 Å². The van der Waals surface area contributed by atoms with E-state index in [1.165, 1.54) is 11.1 Å². The number of hydrogen-bond donors (Lipinski definition) is 0. The third-order valence-electron chi connectivity index (χ3n) is 3.15. The normalized spacial score (nSPS) is 27.3. The molecule has 2 unspecified atom stereocenters. The van der Waals surface area contributed by atoms with Gasteiger partial charge >= 0.3 is 0 Å². The maximum Gasteiger partial charge on any atom is 0.280 e. The minimum Gasteiger partial charge on any atom is -0.331 e. The van der Waals surface area contributed by atoms with Crippen LogP contribution in [0.25, 0.3) is 0 Å². The summed E-state index contributed by atoms with van der Waals surface area (Å²) < 4.78 is 16.4. The van der Waals surface area contributed by atoms with E-state index in [2.05, 4.69) is 30.8 Å². The second-order valence-electron chi connectivity index (χ2n) is 4.63. The summed E-state index contributed by atoms with van der Waals surface area (Å²) in [5.74, 6) is -0.882. The van der Waals surface area contributed by atoms with E-state index in [1.807, 2.05) is 6.08 Å². The summed E-state index contributed by atoms with van der Waals surface area (Å²) in [4.78, 5) is 0. The van der Waals surface area contributed by atoms with Crippen molar-refractivity contribution in [2.24, 2.45) is 0 Å². The second kappa shape index (κ2) is 5.65. The standard InChI is InChI=1S/C15H20O3/c1-4-5-12-6-8-13(9-7-12)10-14-11-17-15(2,16-3)18-14/h4,6-9,14H,1,5,10-11H2,2-3H3. The molecule has 18 heavy (non-hydrogen) atoms. The molecule has 0 radical (unpaired) electrons. The minimum absolute atomic E-state index is 0.0557. The number of allylic oxidation sites excluding steroid dienone is 1. The van der Waals surface area contributed by atoms with Crippen molar-refractivity contribution in [1.82, 2.24) is 0 Å². The Morgan fingerprint density at radius 2 is 2.06 bits per heavy atom. The molecule has 0 bridgehead atoms. The van der Waals surface area contributed by atoms with E-state index in [0.29, 0.717) is 6.61 Å². The molecular weight excluding hydrogens is 228 g/mol. The van der Waals surface area contributed by atoms with E-state index in [4.69, 9.17) is 14.2 Å². The summed E-state index contributed by atoms with van der Waals surface area (Å²) in [6, 6.07) is 8.51. The van der Waals surface area contributed by atoms with Gasteiger partial charge in [0.25, 0.3) is 5.97 Å². The maximum absolute atomic E-state index is 5.72. The molecule has 0 aromatic heterocycles. The van der Waals surface area contributed by atoms with Crippen LogP contribution < -0.4 is 0 Å². The highest BCUT2D eigenvalue weighted by Gasteiger charge is 2.37. The Labute approximate surface area is 108 Å². The molecule has 98 valence electrons. The van der Waals surface area contributed by atoms with E-state index in [9.17, 15) is 0 Å². The highest BCUT2D eigenvalue weighted by molar-refractivity contribution is 5.24. The van der Waals surface area contributed by atoms with Gasteiger partial charge in [-0.05, 0) is 17.5 Å². The van der Waals surface area contributed by atoms with Crippen LogP contribution in [-0.2, 0) is 27.1 Å². The molecule has 2 rings (SSSR count). The lowest BCUT2D eigenvalue weighted by atomic mass is 10.0. The average Bonchev–Trinajstić information content (AvgIpc) is 2.75. The van der Waals surface area contributed by atoms with Gasteiger partial charge in [-0.3, -0.25) is 0 Å². The van der Waals surface area contributed by atoms with Crippen molar-refractivity contribution in [1.29, 1.82) is 0 Å². The average molecular weight is 248 g/mol. The molecule has 0 saturated carbocycles. The molecule has 1 saturated heterocycles. The number of hydrogen-bond acceptors (Lipinski definition) is 3. The lowest BCUT2D eigenvalue weighted by Gasteiger charge is -2.20. The number of methoxy groups -OCH3 is 1. The van der Waals surface area contributed by atoms with Crippen molar-refractivity contribution in [2.45, 2.75) is 31.8 Å². The number of benzene rings is 1. The fourth-order valence-corrected chi connectivity index (χ4v) is 2.06. The Morgan fingerprint density at radius 3 is 2.61 bits per heavy atom. The molecule has 0 aliphatic carbocycles. The molecule has 0 spiro atoms. The van der Waals surface area contributed by atoms with Gasteiger partial charge in [0, 0.05) is 20.5 Å². The fraction of sp³-hybridized carbons (Fsp3) is 0.467. The van der Waals surface area contributed by atoms with Crippen LogP contribution in [0, 0.1) is 0 Å². The Morgan fingerprint density at radius 1 is 1.39 bits per heavy atom. The van der Waals surface area contributed by atoms with Crippen molar-refractivity contribution >= 4 is 0 Å². The summed E-state index contributed by atoms with van der Waals surface area (Å²) in [7, 11) is 1.59. The van der Waals surface area contributed by atoms with Crippen molar-refractivity contribution in [3.8, 4) is 0 Å². The SMILES string of the molecule is C=CCc1ccc(CC2COC(C)(OC)O2)cc1. The molecule has 1 fully saturated rings. The van der Waals surface area contributed by atoms with Crippen molar-refractivity contribution < 1.29 is 14.2 Å². The molecule has 1 heterocycles. The zero-order valence-corrected chi connectivity index (χ0v) is 11.0. The smallest absolute Gasteiger partial charge is 0.280 e. The fourth-order valence-electron chi connectivity index (χ4n) is 2.06. The van der Waals surface area contributed by atoms with Crippen molar-refractivity contribution in [3.05, 3.63) is 48.0 Å². The lowest BCUT2D eigenvalue weighted by molar-refractivity contribution is -0.313. The van der Waals surface area contributed by atoms with E-state index in [0.717, 1.165) is 12.8 Å². The first-order valence-electron chi connectivity index (χ1n) is 6.21. The molecule has 1 aliphatic heterocycles. The maximum atomic E-state index is 5.72. The lowest BCUT2D eigenvalue weighted by Crippen LogP contribution is -2.29. The molecule has 1 aromatic carbocycles. The van der Waals surface area contributed by atoms with Crippen LogP contribution in [0.15, 0.2) is 36.9 Å². The van der Waals surface area contributed by atoms with Crippen molar-refractivity contribution in [2.75, 3.05) is 13.7 Å². The van der Waals surface area contributed by atoms with Crippen LogP contribution in [0.1, 0.15) is 18.1 Å². The summed E-state index contributed by atoms with van der Waals surface area (Å²) in [5.41, 5.74) is 2.52. The molecule has 1 aliphatic rings. The summed E-state index contributed by atoms with van der Waals surface area (Å²) >= 11 is 0. The predicted octanol–water partition coefficient (Wildman–Crippen LogP) is 2.69. The molecule has 0 N–H and O–H groups in total. The minimum atomic E-state index is -0.882. The first-order valence-corrected chi connectivity index (χ1v) is 6.21. The van der Waals surface area contributed by atoms with Crippen LogP contribution in [0.4, 0.5) is 0 Å². The van der Waals surface area contributed by atoms with Gasteiger partial charge in [0.1, 0.15) is 0 Å². The third kappa shape index (κ3) is 3.19. The van der Waals surface area contributed by atoms with Gasteiger partial charge in [-0.2, -0.15) is 0 Å². The Balaban J connectivity index is 1.92. The predicted molar refractivity (Wildman–Crippen MR) is 70.3 cm³/mol. The van der Waals surface area contributed by atoms with Crippen LogP contribution in [0.2, 0.25) is 0 Å². The van der Waals surface area contributed by atoms with Gasteiger partial charge in [-0.25, -0.2) is 0 Å². The summed E-state index contributed by atoms with van der Waals surface area (Å²) in [6.45, 7) is 6.10. The first kappa shape index (κ1) is 13.3. The Hall–Kier alpha value is -1.16. The van der Waals surface area contributed by atoms with Crippen LogP contribution in [0.5, 0.6) is 0 Å². The van der Waals surface area contributed by atoms with Gasteiger partial charge in [0.05, 0.1) is 12.7 Å². The number of ether oxygens (including phenoxy) is 3. The van der Waals surface area contributed by atoms with E-state index >= 15 is 0 Å². The molecular formula is C15H20O3. The molecule has 2 atom stereocenters. The molecule has 1 aromatic rings. The van der Waals surface area contributed by atoms with E-state index in [1.54, 1.807) is 14.0 Å². The van der Waals surface area contributed by atoms with Crippen LogP contribution >= 0.6 is 0 Å². The quantitative estimate of drug-likeness (QED) is 0.750. The summed E-state index contributed by atoms with van der Waals surface area (Å²) in [5, 5.41) is 0. The molecule has 0 amide bonds. The zero-order valence-electron chi connectivity index (χ0n) is 11.0. The largest absolute Gasteiger partial charge is 0.331 e. The van der Waals surface area contributed by atoms with Gasteiger partial charge in [-0.1, -0.05) is 30.3 Å². The summed E-state index contributed by atoms with van der Waals surface area (Å²) in [6.07, 6.45) is 3.71. The molecule has 3 nitrogen and oxygen atoms in total. The van der Waals surface area contributed by atoms with E-state index in [-0.39, 0.29) is 6.10 Å². The van der Waals surface area contributed by atoms with Gasteiger partial charge < -0.3 is 14.2 Å². The number of rotatable bonds is 5.